The molecule has 11 heavy (non-hydrogen) atoms. The molecule has 1 N–H and O–H groups in total. The minimum Gasteiger partial charge on any atom is -0.356 e. The number of alkyl halides is 1. The van der Waals surface area contributed by atoms with Gasteiger partial charge < -0.3 is 5.32 Å². The maximum absolute atomic E-state index is 11.0. The molecule has 0 spiro atoms. The highest BCUT2D eigenvalue weighted by Gasteiger charge is 2.07. The third kappa shape index (κ3) is 5.08. The van der Waals surface area contributed by atoms with Crippen molar-refractivity contribution in [1.29, 1.82) is 0 Å². The molecule has 0 aromatic rings. The van der Waals surface area contributed by atoms with Crippen LogP contribution in [0.5, 0.6) is 0 Å². The Labute approximate surface area is 73.3 Å². The van der Waals surface area contributed by atoms with Gasteiger partial charge in [0.1, 0.15) is 0 Å². The number of rotatable bonds is 4. The maximum atomic E-state index is 11.0. The van der Waals surface area contributed by atoms with Crippen molar-refractivity contribution in [3.8, 4) is 0 Å². The van der Waals surface area contributed by atoms with E-state index in [1.54, 1.807) is 0 Å². The first-order chi connectivity index (χ1) is 5.07. The van der Waals surface area contributed by atoms with Crippen LogP contribution in [0.25, 0.3) is 0 Å². The molecule has 2 nitrogen and oxygen atoms in total. The van der Waals surface area contributed by atoms with E-state index in [9.17, 15) is 4.79 Å². The Morgan fingerprint density at radius 3 is 2.36 bits per heavy atom. The van der Waals surface area contributed by atoms with Crippen LogP contribution in [-0.2, 0) is 4.79 Å². The second-order valence-corrected chi connectivity index (χ2v) is 3.47. The molecule has 0 saturated carbocycles. The van der Waals surface area contributed by atoms with Crippen molar-refractivity contribution in [3.63, 3.8) is 0 Å². The van der Waals surface area contributed by atoms with Gasteiger partial charge in [-0.2, -0.15) is 0 Å². The smallest absolute Gasteiger partial charge is 0.222 e. The van der Waals surface area contributed by atoms with Crippen LogP contribution in [-0.4, -0.2) is 18.3 Å². The Morgan fingerprint density at radius 1 is 1.45 bits per heavy atom. The summed E-state index contributed by atoms with van der Waals surface area (Å²) in [5.74, 6) is 1.12. The minimum absolute atomic E-state index is 0.0672. The van der Waals surface area contributed by atoms with Crippen LogP contribution < -0.4 is 5.32 Å². The third-order valence-corrected chi connectivity index (χ3v) is 1.94. The van der Waals surface area contributed by atoms with Gasteiger partial charge in [-0.05, 0) is 5.92 Å². The van der Waals surface area contributed by atoms with Crippen molar-refractivity contribution in [2.45, 2.75) is 20.8 Å². The molecule has 0 aliphatic carbocycles. The lowest BCUT2D eigenvalue weighted by molar-refractivity contribution is -0.124. The monoisotopic (exact) mass is 177 g/mol. The van der Waals surface area contributed by atoms with E-state index in [4.69, 9.17) is 11.6 Å². The van der Waals surface area contributed by atoms with Crippen LogP contribution >= 0.6 is 11.6 Å². The molecule has 0 aromatic heterocycles. The highest BCUT2D eigenvalue weighted by Crippen LogP contribution is 1.96. The van der Waals surface area contributed by atoms with Crippen LogP contribution in [0.4, 0.5) is 0 Å². The van der Waals surface area contributed by atoms with E-state index in [1.165, 1.54) is 0 Å². The first kappa shape index (κ1) is 10.8. The van der Waals surface area contributed by atoms with Crippen LogP contribution in [0.2, 0.25) is 0 Å². The van der Waals surface area contributed by atoms with Gasteiger partial charge in [0.2, 0.25) is 5.91 Å². The SMILES string of the molecule is CC(CCl)CNC(=O)C(C)C. The molecule has 1 unspecified atom stereocenters. The molecule has 0 radical (unpaired) electrons. The molecule has 1 atom stereocenters. The number of hydrogen-bond donors (Lipinski definition) is 1. The lowest BCUT2D eigenvalue weighted by atomic mass is 10.2. The molecule has 0 aliphatic heterocycles. The summed E-state index contributed by atoms with van der Waals surface area (Å²) in [6.07, 6.45) is 0. The largest absolute Gasteiger partial charge is 0.356 e. The molecule has 0 rings (SSSR count). The molecule has 0 bridgehead atoms. The topological polar surface area (TPSA) is 29.1 Å². The fourth-order valence-corrected chi connectivity index (χ4v) is 0.643. The fourth-order valence-electron chi connectivity index (χ4n) is 0.534. The molecular formula is C8H16ClNO. The summed E-state index contributed by atoms with van der Waals surface area (Å²) in [7, 11) is 0. The molecule has 1 amide bonds. The van der Waals surface area contributed by atoms with Crippen LogP contribution in [0.1, 0.15) is 20.8 Å². The van der Waals surface area contributed by atoms with Crippen molar-refractivity contribution >= 4 is 17.5 Å². The Kier molecular flexibility index (Phi) is 5.30. The summed E-state index contributed by atoms with van der Waals surface area (Å²) in [5, 5.41) is 2.81. The van der Waals surface area contributed by atoms with Gasteiger partial charge in [0, 0.05) is 18.3 Å². The third-order valence-electron chi connectivity index (χ3n) is 1.41. The van der Waals surface area contributed by atoms with Gasteiger partial charge in [-0.25, -0.2) is 0 Å². The molecule has 0 aliphatic rings. The number of amides is 1. The Bertz CT molecular complexity index is 125. The normalized spacial score (nSPS) is 13.2. The highest BCUT2D eigenvalue weighted by molar-refractivity contribution is 6.18. The van der Waals surface area contributed by atoms with Gasteiger partial charge in [0.25, 0.3) is 0 Å². The van der Waals surface area contributed by atoms with E-state index in [2.05, 4.69) is 5.32 Å². The molecule has 0 saturated heterocycles. The predicted octanol–water partition coefficient (Wildman–Crippen LogP) is 1.63. The van der Waals surface area contributed by atoms with E-state index in [0.717, 1.165) is 0 Å². The van der Waals surface area contributed by atoms with Gasteiger partial charge in [0.05, 0.1) is 0 Å². The molecule has 0 fully saturated rings. The fraction of sp³-hybridized carbons (Fsp3) is 0.875. The standard InChI is InChI=1S/C8H16ClNO/c1-6(2)8(11)10-5-7(3)4-9/h6-7H,4-5H2,1-3H3,(H,10,11). The van der Waals surface area contributed by atoms with Gasteiger partial charge in [0.15, 0.2) is 0 Å². The minimum atomic E-state index is 0.0672. The van der Waals surface area contributed by atoms with E-state index in [-0.39, 0.29) is 11.8 Å². The number of halogens is 1. The second kappa shape index (κ2) is 5.42. The van der Waals surface area contributed by atoms with E-state index >= 15 is 0 Å². The van der Waals surface area contributed by atoms with Crippen LogP contribution in [0, 0.1) is 11.8 Å². The lowest BCUT2D eigenvalue weighted by Crippen LogP contribution is -2.31. The van der Waals surface area contributed by atoms with Gasteiger partial charge in [-0.3, -0.25) is 4.79 Å². The van der Waals surface area contributed by atoms with Crippen molar-refractivity contribution in [3.05, 3.63) is 0 Å². The molecular weight excluding hydrogens is 162 g/mol. The first-order valence-corrected chi connectivity index (χ1v) is 4.45. The summed E-state index contributed by atoms with van der Waals surface area (Å²) in [5.41, 5.74) is 0. The summed E-state index contributed by atoms with van der Waals surface area (Å²) >= 11 is 5.56. The number of nitrogens with one attached hydrogen (secondary N) is 1. The maximum Gasteiger partial charge on any atom is 0.222 e. The van der Waals surface area contributed by atoms with Gasteiger partial charge in [-0.15, -0.1) is 11.6 Å². The zero-order valence-electron chi connectivity index (χ0n) is 7.36. The number of carbonyl (C=O) groups excluding carboxylic acids is 1. The predicted molar refractivity (Wildman–Crippen MR) is 47.7 cm³/mol. The van der Waals surface area contributed by atoms with E-state index < -0.39 is 0 Å². The van der Waals surface area contributed by atoms with Crippen molar-refractivity contribution in [2.24, 2.45) is 11.8 Å². The quantitative estimate of drug-likeness (QED) is 0.650. The molecule has 0 aromatic carbocycles. The molecule has 0 heterocycles. The summed E-state index contributed by atoms with van der Waals surface area (Å²) in [4.78, 5) is 11.0. The van der Waals surface area contributed by atoms with Crippen molar-refractivity contribution in [2.75, 3.05) is 12.4 Å². The lowest BCUT2D eigenvalue weighted by Gasteiger charge is -2.10. The zero-order valence-corrected chi connectivity index (χ0v) is 8.11. The van der Waals surface area contributed by atoms with Gasteiger partial charge >= 0.3 is 0 Å². The average Bonchev–Trinajstić information content (AvgIpc) is 1.99. The van der Waals surface area contributed by atoms with E-state index in [1.807, 2.05) is 20.8 Å². The average molecular weight is 178 g/mol. The van der Waals surface area contributed by atoms with Crippen molar-refractivity contribution in [1.82, 2.24) is 5.32 Å². The van der Waals surface area contributed by atoms with E-state index in [0.29, 0.717) is 18.3 Å². The molecule has 3 heteroatoms. The number of hydrogen-bond acceptors (Lipinski definition) is 1. The zero-order chi connectivity index (χ0) is 8.85. The Balaban J connectivity index is 3.46. The summed E-state index contributed by atoms with van der Waals surface area (Å²) in [6.45, 7) is 6.44. The first-order valence-electron chi connectivity index (χ1n) is 3.91. The van der Waals surface area contributed by atoms with Crippen molar-refractivity contribution < 1.29 is 4.79 Å². The Morgan fingerprint density at radius 2 is 2.00 bits per heavy atom. The Hall–Kier alpha value is -0.240. The number of carbonyl (C=O) groups is 1. The van der Waals surface area contributed by atoms with Gasteiger partial charge in [-0.1, -0.05) is 20.8 Å². The highest BCUT2D eigenvalue weighted by atomic mass is 35.5. The summed E-state index contributed by atoms with van der Waals surface area (Å²) in [6, 6.07) is 0. The molecule has 66 valence electrons. The van der Waals surface area contributed by atoms with Crippen LogP contribution in [0.15, 0.2) is 0 Å². The second-order valence-electron chi connectivity index (χ2n) is 3.16. The van der Waals surface area contributed by atoms with Crippen LogP contribution in [0.3, 0.4) is 0 Å². The summed E-state index contributed by atoms with van der Waals surface area (Å²) < 4.78 is 0.